The zero-order chi connectivity index (χ0) is 13.8. The van der Waals surface area contributed by atoms with E-state index in [-0.39, 0.29) is 0 Å². The molecule has 0 aromatic heterocycles. The maximum absolute atomic E-state index is 12.5. The van der Waals surface area contributed by atoms with E-state index < -0.39 is 12.7 Å². The van der Waals surface area contributed by atoms with Gasteiger partial charge in [0.05, 0.1) is 0 Å². The summed E-state index contributed by atoms with van der Waals surface area (Å²) in [6.07, 6.45) is -3.55. The van der Waals surface area contributed by atoms with Crippen LogP contribution in [0.2, 0.25) is 0 Å². The predicted molar refractivity (Wildman–Crippen MR) is 70.6 cm³/mol. The molecule has 0 saturated heterocycles. The lowest BCUT2D eigenvalue weighted by Gasteiger charge is -2.26. The molecule has 0 fully saturated rings. The number of alkyl halides is 3. The van der Waals surface area contributed by atoms with E-state index in [0.717, 1.165) is 10.0 Å². The van der Waals surface area contributed by atoms with Gasteiger partial charge in [0.25, 0.3) is 0 Å². The molecule has 0 unspecified atom stereocenters. The van der Waals surface area contributed by atoms with Crippen LogP contribution >= 0.6 is 15.9 Å². The summed E-state index contributed by atoms with van der Waals surface area (Å²) in [5.74, 6) is 0. The molecule has 18 heavy (non-hydrogen) atoms. The highest BCUT2D eigenvalue weighted by molar-refractivity contribution is 9.10. The van der Waals surface area contributed by atoms with Crippen molar-refractivity contribution in [2.75, 3.05) is 18.0 Å². The standard InChI is InChI=1S/C12H16BrF3N2/c1-2-3-18(8-12(14,15)16)11-5-9(7-17)4-10(13)6-11/h4-6H,2-3,7-8,17H2,1H3. The predicted octanol–water partition coefficient (Wildman–Crippen LogP) is 3.69. The van der Waals surface area contributed by atoms with Crippen molar-refractivity contribution >= 4 is 21.6 Å². The SMILES string of the molecule is CCCN(CC(F)(F)F)c1cc(Br)cc(CN)c1. The Hall–Kier alpha value is -0.750. The highest BCUT2D eigenvalue weighted by Gasteiger charge is 2.30. The Morgan fingerprint density at radius 2 is 1.94 bits per heavy atom. The lowest BCUT2D eigenvalue weighted by Crippen LogP contribution is -2.34. The number of anilines is 1. The van der Waals surface area contributed by atoms with E-state index in [4.69, 9.17) is 5.73 Å². The van der Waals surface area contributed by atoms with Gasteiger partial charge in [0.2, 0.25) is 0 Å². The lowest BCUT2D eigenvalue weighted by atomic mass is 10.2. The number of hydrogen-bond acceptors (Lipinski definition) is 2. The van der Waals surface area contributed by atoms with E-state index in [9.17, 15) is 13.2 Å². The Kier molecular flexibility index (Phi) is 5.47. The number of hydrogen-bond donors (Lipinski definition) is 1. The molecule has 0 amide bonds. The zero-order valence-electron chi connectivity index (χ0n) is 10.1. The van der Waals surface area contributed by atoms with Crippen LogP contribution in [0.4, 0.5) is 18.9 Å². The first-order valence-corrected chi connectivity index (χ1v) is 6.46. The highest BCUT2D eigenvalue weighted by atomic mass is 79.9. The molecule has 0 bridgehead atoms. The monoisotopic (exact) mass is 324 g/mol. The summed E-state index contributed by atoms with van der Waals surface area (Å²) in [6.45, 7) is 1.57. The third-order valence-electron chi connectivity index (χ3n) is 2.41. The summed E-state index contributed by atoms with van der Waals surface area (Å²) in [7, 11) is 0. The van der Waals surface area contributed by atoms with Crippen LogP contribution in [-0.2, 0) is 6.54 Å². The number of benzene rings is 1. The Balaban J connectivity index is 3.01. The molecule has 1 aromatic carbocycles. The van der Waals surface area contributed by atoms with Gasteiger partial charge in [-0.15, -0.1) is 0 Å². The summed E-state index contributed by atoms with van der Waals surface area (Å²) >= 11 is 3.29. The summed E-state index contributed by atoms with van der Waals surface area (Å²) in [4.78, 5) is 1.32. The molecule has 0 aliphatic carbocycles. The van der Waals surface area contributed by atoms with Crippen LogP contribution in [0, 0.1) is 0 Å². The lowest BCUT2D eigenvalue weighted by molar-refractivity contribution is -0.119. The Labute approximate surface area is 113 Å². The van der Waals surface area contributed by atoms with Crippen molar-refractivity contribution in [3.63, 3.8) is 0 Å². The van der Waals surface area contributed by atoms with Crippen LogP contribution in [0.1, 0.15) is 18.9 Å². The van der Waals surface area contributed by atoms with Crippen LogP contribution in [0.25, 0.3) is 0 Å². The minimum Gasteiger partial charge on any atom is -0.363 e. The molecule has 0 aliphatic heterocycles. The molecule has 0 saturated carbocycles. The van der Waals surface area contributed by atoms with E-state index in [2.05, 4.69) is 15.9 Å². The van der Waals surface area contributed by atoms with E-state index in [1.54, 1.807) is 18.2 Å². The number of rotatable bonds is 5. The second-order valence-electron chi connectivity index (χ2n) is 4.06. The van der Waals surface area contributed by atoms with Crippen molar-refractivity contribution < 1.29 is 13.2 Å². The van der Waals surface area contributed by atoms with Crippen molar-refractivity contribution in [3.05, 3.63) is 28.2 Å². The number of nitrogens with two attached hydrogens (primary N) is 1. The first-order valence-electron chi connectivity index (χ1n) is 5.67. The van der Waals surface area contributed by atoms with E-state index in [0.29, 0.717) is 25.2 Å². The van der Waals surface area contributed by atoms with Gasteiger partial charge < -0.3 is 10.6 Å². The van der Waals surface area contributed by atoms with Crippen molar-refractivity contribution in [2.45, 2.75) is 26.1 Å². The van der Waals surface area contributed by atoms with Crippen LogP contribution in [0.3, 0.4) is 0 Å². The third kappa shape index (κ3) is 4.86. The van der Waals surface area contributed by atoms with Gasteiger partial charge in [0, 0.05) is 23.2 Å². The molecule has 0 atom stereocenters. The van der Waals surface area contributed by atoms with Crippen molar-refractivity contribution in [1.82, 2.24) is 0 Å². The fourth-order valence-corrected chi connectivity index (χ4v) is 2.25. The number of nitrogens with zero attached hydrogens (tertiary/aromatic N) is 1. The topological polar surface area (TPSA) is 29.3 Å². The van der Waals surface area contributed by atoms with Crippen molar-refractivity contribution in [1.29, 1.82) is 0 Å². The number of halogens is 4. The van der Waals surface area contributed by atoms with Gasteiger partial charge >= 0.3 is 6.18 Å². The maximum atomic E-state index is 12.5. The summed E-state index contributed by atoms with van der Waals surface area (Å²) in [5.41, 5.74) is 6.88. The Bertz CT molecular complexity index is 393. The fourth-order valence-electron chi connectivity index (χ4n) is 1.72. The molecule has 0 radical (unpaired) electrons. The fraction of sp³-hybridized carbons (Fsp3) is 0.500. The summed E-state index contributed by atoms with van der Waals surface area (Å²) in [5, 5.41) is 0. The molecule has 0 aliphatic rings. The summed E-state index contributed by atoms with van der Waals surface area (Å²) < 4.78 is 38.3. The molecule has 2 nitrogen and oxygen atoms in total. The normalized spacial score (nSPS) is 11.7. The van der Waals surface area contributed by atoms with E-state index in [1.165, 1.54) is 4.90 Å². The Morgan fingerprint density at radius 1 is 1.28 bits per heavy atom. The average Bonchev–Trinajstić information content (AvgIpc) is 2.26. The molecule has 0 spiro atoms. The van der Waals surface area contributed by atoms with Gasteiger partial charge in [0.15, 0.2) is 0 Å². The molecule has 1 aromatic rings. The quantitative estimate of drug-likeness (QED) is 0.895. The molecule has 102 valence electrons. The highest BCUT2D eigenvalue weighted by Crippen LogP contribution is 2.26. The van der Waals surface area contributed by atoms with Gasteiger partial charge in [0.1, 0.15) is 6.54 Å². The van der Waals surface area contributed by atoms with E-state index >= 15 is 0 Å². The molecule has 6 heteroatoms. The zero-order valence-corrected chi connectivity index (χ0v) is 11.7. The minimum atomic E-state index is -4.21. The Morgan fingerprint density at radius 3 is 2.44 bits per heavy atom. The molecular weight excluding hydrogens is 309 g/mol. The first-order chi connectivity index (χ1) is 8.35. The molecule has 2 N–H and O–H groups in total. The van der Waals surface area contributed by atoms with Gasteiger partial charge in [-0.3, -0.25) is 0 Å². The van der Waals surface area contributed by atoms with Gasteiger partial charge in [-0.2, -0.15) is 13.2 Å². The molecule has 1 rings (SSSR count). The summed E-state index contributed by atoms with van der Waals surface area (Å²) in [6, 6.07) is 5.19. The van der Waals surface area contributed by atoms with Crippen LogP contribution < -0.4 is 10.6 Å². The first kappa shape index (κ1) is 15.3. The second kappa shape index (κ2) is 6.43. The molecular formula is C12H16BrF3N2. The van der Waals surface area contributed by atoms with Crippen molar-refractivity contribution in [3.8, 4) is 0 Å². The largest absolute Gasteiger partial charge is 0.405 e. The van der Waals surface area contributed by atoms with E-state index in [1.807, 2.05) is 6.92 Å². The van der Waals surface area contributed by atoms with Gasteiger partial charge in [-0.1, -0.05) is 22.9 Å². The molecule has 0 heterocycles. The third-order valence-corrected chi connectivity index (χ3v) is 2.86. The van der Waals surface area contributed by atoms with Crippen molar-refractivity contribution in [2.24, 2.45) is 5.73 Å². The maximum Gasteiger partial charge on any atom is 0.405 e. The smallest absolute Gasteiger partial charge is 0.363 e. The van der Waals surface area contributed by atoms with Crippen LogP contribution in [0.5, 0.6) is 0 Å². The second-order valence-corrected chi connectivity index (χ2v) is 4.97. The van der Waals surface area contributed by atoms with Gasteiger partial charge in [-0.05, 0) is 30.2 Å². The average molecular weight is 325 g/mol. The van der Waals surface area contributed by atoms with Crippen LogP contribution in [0.15, 0.2) is 22.7 Å². The minimum absolute atomic E-state index is 0.304. The van der Waals surface area contributed by atoms with Crippen LogP contribution in [-0.4, -0.2) is 19.3 Å². The van der Waals surface area contributed by atoms with Gasteiger partial charge in [-0.25, -0.2) is 0 Å².